The van der Waals surface area contributed by atoms with Crippen LogP contribution in [0.2, 0.25) is 0 Å². The molecule has 0 spiro atoms. The van der Waals surface area contributed by atoms with Gasteiger partial charge in [0, 0.05) is 56.5 Å². The molecule has 4 rings (SSSR count). The van der Waals surface area contributed by atoms with E-state index >= 15 is 0 Å². The van der Waals surface area contributed by atoms with Crippen LogP contribution in [0.3, 0.4) is 0 Å². The molecule has 0 radical (unpaired) electrons. The van der Waals surface area contributed by atoms with Gasteiger partial charge < -0.3 is 4.90 Å². The molecule has 0 unspecified atom stereocenters. The smallest absolute Gasteiger partial charge is 0.242 e. The lowest BCUT2D eigenvalue weighted by molar-refractivity contribution is 0.262. The number of aromatic nitrogens is 1. The molecule has 7 heteroatoms. The van der Waals surface area contributed by atoms with Gasteiger partial charge in [0.2, 0.25) is 10.0 Å². The van der Waals surface area contributed by atoms with Crippen molar-refractivity contribution in [2.24, 2.45) is 0 Å². The van der Waals surface area contributed by atoms with Crippen LogP contribution in [0.5, 0.6) is 0 Å². The van der Waals surface area contributed by atoms with E-state index in [0.29, 0.717) is 18.6 Å². The molecule has 1 fully saturated rings. The van der Waals surface area contributed by atoms with Crippen LogP contribution in [0.25, 0.3) is 10.9 Å². The minimum atomic E-state index is -3.60. The number of hydrogen-bond donors (Lipinski definition) is 1. The molecule has 6 nitrogen and oxygen atoms in total. The van der Waals surface area contributed by atoms with Crippen LogP contribution in [0.4, 0.5) is 5.69 Å². The van der Waals surface area contributed by atoms with Crippen molar-refractivity contribution in [2.45, 2.75) is 11.8 Å². The number of anilines is 1. The number of para-hydroxylation sites is 2. The minimum absolute atomic E-state index is 0.240. The summed E-state index contributed by atoms with van der Waals surface area (Å²) in [6, 6.07) is 17.6. The van der Waals surface area contributed by atoms with Gasteiger partial charge in [-0.25, -0.2) is 13.1 Å². The first-order valence-corrected chi connectivity index (χ1v) is 11.4. The lowest BCUT2D eigenvalue weighted by atomic mass is 10.2. The number of fused-ring (bicyclic) bond motifs is 1. The number of aryl methyl sites for hydroxylation is 1. The maximum absolute atomic E-state index is 12.8. The predicted octanol–water partition coefficient (Wildman–Crippen LogP) is 2.64. The lowest BCUT2D eigenvalue weighted by Gasteiger charge is -2.36. The normalized spacial score (nSPS) is 15.7. The first kappa shape index (κ1) is 19.8. The molecule has 2 heterocycles. The first-order valence-electron chi connectivity index (χ1n) is 9.90. The van der Waals surface area contributed by atoms with E-state index in [1.807, 2.05) is 25.1 Å². The van der Waals surface area contributed by atoms with Gasteiger partial charge in [-0.15, -0.1) is 0 Å². The zero-order valence-corrected chi connectivity index (χ0v) is 17.4. The van der Waals surface area contributed by atoms with E-state index in [4.69, 9.17) is 0 Å². The number of sulfonamides is 1. The van der Waals surface area contributed by atoms with Crippen LogP contribution in [0.1, 0.15) is 5.56 Å². The second-order valence-corrected chi connectivity index (χ2v) is 9.14. The monoisotopic (exact) mass is 410 g/mol. The number of benzene rings is 2. The average molecular weight is 411 g/mol. The maximum atomic E-state index is 12.8. The van der Waals surface area contributed by atoms with Crippen LogP contribution < -0.4 is 9.62 Å². The molecule has 0 aliphatic carbocycles. The summed E-state index contributed by atoms with van der Waals surface area (Å²) in [7, 11) is -3.60. The summed E-state index contributed by atoms with van der Waals surface area (Å²) in [5.74, 6) is 0. The van der Waals surface area contributed by atoms with Gasteiger partial charge >= 0.3 is 0 Å². The van der Waals surface area contributed by atoms with E-state index in [1.54, 1.807) is 18.3 Å². The van der Waals surface area contributed by atoms with Gasteiger partial charge in [0.15, 0.2) is 0 Å². The SMILES string of the molecule is Cc1cnc2c(S(=O)(=O)NCCN3CCN(c4ccccc4)CC3)cccc2c1. The van der Waals surface area contributed by atoms with Crippen molar-refractivity contribution in [2.75, 3.05) is 44.2 Å². The van der Waals surface area contributed by atoms with E-state index in [0.717, 1.165) is 37.1 Å². The highest BCUT2D eigenvalue weighted by Gasteiger charge is 2.20. The summed E-state index contributed by atoms with van der Waals surface area (Å²) in [5, 5.41) is 0.838. The van der Waals surface area contributed by atoms with Crippen molar-refractivity contribution in [3.8, 4) is 0 Å². The average Bonchev–Trinajstić information content (AvgIpc) is 2.74. The highest BCUT2D eigenvalue weighted by atomic mass is 32.2. The Kier molecular flexibility index (Phi) is 5.80. The molecule has 1 aromatic heterocycles. The topological polar surface area (TPSA) is 65.5 Å². The summed E-state index contributed by atoms with van der Waals surface area (Å²) in [4.78, 5) is 9.25. The molecule has 0 atom stereocenters. The first-order chi connectivity index (χ1) is 14.0. The van der Waals surface area contributed by atoms with E-state index in [2.05, 4.69) is 43.8 Å². The fourth-order valence-corrected chi connectivity index (χ4v) is 4.94. The Labute approximate surface area is 172 Å². The summed E-state index contributed by atoms with van der Waals surface area (Å²) >= 11 is 0. The van der Waals surface area contributed by atoms with Gasteiger partial charge in [0.05, 0.1) is 5.52 Å². The zero-order valence-electron chi connectivity index (χ0n) is 16.6. The van der Waals surface area contributed by atoms with E-state index in [-0.39, 0.29) is 4.90 Å². The number of nitrogens with zero attached hydrogens (tertiary/aromatic N) is 3. The standard InChI is InChI=1S/C22H26N4O2S/c1-18-16-19-6-5-9-21(22(19)23-17-18)29(27,28)24-10-11-25-12-14-26(15-13-25)20-7-3-2-4-8-20/h2-9,16-17,24H,10-15H2,1H3. The van der Waals surface area contributed by atoms with Crippen molar-refractivity contribution < 1.29 is 8.42 Å². The van der Waals surface area contributed by atoms with Gasteiger partial charge in [-0.05, 0) is 36.8 Å². The minimum Gasteiger partial charge on any atom is -0.369 e. The summed E-state index contributed by atoms with van der Waals surface area (Å²) < 4.78 is 28.4. The van der Waals surface area contributed by atoms with Crippen LogP contribution in [-0.4, -0.2) is 57.6 Å². The highest BCUT2D eigenvalue weighted by Crippen LogP contribution is 2.21. The number of nitrogens with one attached hydrogen (secondary N) is 1. The Balaban J connectivity index is 1.34. The van der Waals surface area contributed by atoms with Gasteiger partial charge in [-0.2, -0.15) is 0 Å². The van der Waals surface area contributed by atoms with Crippen molar-refractivity contribution in [3.63, 3.8) is 0 Å². The largest absolute Gasteiger partial charge is 0.369 e. The summed E-state index contributed by atoms with van der Waals surface area (Å²) in [6.07, 6.45) is 1.70. The molecule has 1 aliphatic rings. The van der Waals surface area contributed by atoms with Gasteiger partial charge in [-0.1, -0.05) is 30.3 Å². The third-order valence-electron chi connectivity index (χ3n) is 5.31. The quantitative estimate of drug-likeness (QED) is 0.677. The molecule has 29 heavy (non-hydrogen) atoms. The molecule has 0 amide bonds. The van der Waals surface area contributed by atoms with Crippen molar-refractivity contribution in [3.05, 3.63) is 66.4 Å². The van der Waals surface area contributed by atoms with Crippen LogP contribution in [0.15, 0.2) is 65.7 Å². The molecule has 0 bridgehead atoms. The Hall–Kier alpha value is -2.48. The lowest BCUT2D eigenvalue weighted by Crippen LogP contribution is -2.48. The maximum Gasteiger partial charge on any atom is 0.242 e. The Morgan fingerprint density at radius 1 is 1.00 bits per heavy atom. The van der Waals surface area contributed by atoms with Gasteiger partial charge in [0.1, 0.15) is 4.90 Å². The zero-order chi connectivity index (χ0) is 20.3. The second kappa shape index (κ2) is 8.49. The predicted molar refractivity (Wildman–Crippen MR) is 117 cm³/mol. The number of rotatable bonds is 6. The molecule has 0 saturated carbocycles. The van der Waals surface area contributed by atoms with Crippen LogP contribution in [0, 0.1) is 6.92 Å². The molecule has 2 aromatic carbocycles. The van der Waals surface area contributed by atoms with Crippen LogP contribution in [-0.2, 0) is 10.0 Å². The van der Waals surface area contributed by atoms with Gasteiger partial charge in [-0.3, -0.25) is 9.88 Å². The molecular formula is C22H26N4O2S. The van der Waals surface area contributed by atoms with Crippen molar-refractivity contribution in [1.29, 1.82) is 0 Å². The van der Waals surface area contributed by atoms with Crippen LogP contribution >= 0.6 is 0 Å². The fraction of sp³-hybridized carbons (Fsp3) is 0.318. The molecule has 1 saturated heterocycles. The van der Waals surface area contributed by atoms with Crippen molar-refractivity contribution in [1.82, 2.24) is 14.6 Å². The second-order valence-electron chi connectivity index (χ2n) is 7.40. The summed E-state index contributed by atoms with van der Waals surface area (Å²) in [6.45, 7) is 6.77. The number of pyridine rings is 1. The highest BCUT2D eigenvalue weighted by molar-refractivity contribution is 7.89. The molecule has 3 aromatic rings. The Morgan fingerprint density at radius 3 is 2.52 bits per heavy atom. The Morgan fingerprint density at radius 2 is 1.76 bits per heavy atom. The van der Waals surface area contributed by atoms with E-state index < -0.39 is 10.0 Å². The molecule has 1 aliphatic heterocycles. The Bertz CT molecular complexity index is 1080. The third-order valence-corrected chi connectivity index (χ3v) is 6.81. The van der Waals surface area contributed by atoms with E-state index in [1.165, 1.54) is 5.69 Å². The molecular weight excluding hydrogens is 384 g/mol. The molecule has 152 valence electrons. The third kappa shape index (κ3) is 4.58. The number of piperazine rings is 1. The molecule has 1 N–H and O–H groups in total. The summed E-state index contributed by atoms with van der Waals surface area (Å²) in [5.41, 5.74) is 2.77. The fourth-order valence-electron chi connectivity index (χ4n) is 3.74. The van der Waals surface area contributed by atoms with E-state index in [9.17, 15) is 8.42 Å². The van der Waals surface area contributed by atoms with Crippen molar-refractivity contribution >= 4 is 26.6 Å². The number of hydrogen-bond acceptors (Lipinski definition) is 5. The van der Waals surface area contributed by atoms with Gasteiger partial charge in [0.25, 0.3) is 0 Å².